The molecule has 0 saturated heterocycles. The number of rotatable bonds is 5. The van der Waals surface area contributed by atoms with E-state index in [0.717, 1.165) is 33.8 Å². The first kappa shape index (κ1) is 16.5. The maximum atomic E-state index is 12.5. The average molecular weight is 362 g/mol. The van der Waals surface area contributed by atoms with Crippen molar-refractivity contribution < 1.29 is 4.79 Å². The average Bonchev–Trinajstić information content (AvgIpc) is 3.26. The minimum absolute atomic E-state index is 0.111. The smallest absolute Gasteiger partial charge is 0.232 e. The van der Waals surface area contributed by atoms with E-state index in [0.29, 0.717) is 5.95 Å². The van der Waals surface area contributed by atoms with E-state index < -0.39 is 0 Å². The number of imidazole rings is 1. The van der Waals surface area contributed by atoms with Crippen LogP contribution in [-0.4, -0.2) is 20.4 Å². The number of amides is 1. The molecule has 0 atom stereocenters. The first-order valence-electron chi connectivity index (χ1n) is 8.49. The van der Waals surface area contributed by atoms with Crippen molar-refractivity contribution in [2.24, 2.45) is 0 Å². The second-order valence-corrected chi connectivity index (χ2v) is 6.76. The van der Waals surface area contributed by atoms with E-state index >= 15 is 0 Å². The summed E-state index contributed by atoms with van der Waals surface area (Å²) in [5.74, 6) is 0.470. The van der Waals surface area contributed by atoms with Crippen molar-refractivity contribution in [3.63, 3.8) is 0 Å². The van der Waals surface area contributed by atoms with Gasteiger partial charge in [0.15, 0.2) is 0 Å². The molecular formula is C20H18N4OS. The number of aryl methyl sites for hydroxylation is 1. The summed E-state index contributed by atoms with van der Waals surface area (Å²) in [5.41, 5.74) is 3.73. The van der Waals surface area contributed by atoms with Crippen molar-refractivity contribution in [3.05, 3.63) is 65.7 Å². The van der Waals surface area contributed by atoms with Gasteiger partial charge in [0.1, 0.15) is 5.01 Å². The molecule has 2 aromatic heterocycles. The van der Waals surface area contributed by atoms with Gasteiger partial charge in [-0.3, -0.25) is 10.1 Å². The number of anilines is 1. The fourth-order valence-electron chi connectivity index (χ4n) is 2.93. The van der Waals surface area contributed by atoms with Crippen LogP contribution < -0.4 is 5.32 Å². The number of nitrogens with one attached hydrogen (secondary N) is 1. The SMILES string of the molecule is CCn1c(NC(=O)Cc2csc(-c3ccccc3)n2)nc2ccccc21. The van der Waals surface area contributed by atoms with Crippen molar-refractivity contribution in [2.45, 2.75) is 19.9 Å². The third-order valence-corrected chi connectivity index (χ3v) is 5.08. The van der Waals surface area contributed by atoms with E-state index in [1.807, 2.05) is 71.5 Å². The number of fused-ring (bicyclic) bond motifs is 1. The van der Waals surface area contributed by atoms with Gasteiger partial charge in [0.25, 0.3) is 0 Å². The summed E-state index contributed by atoms with van der Waals surface area (Å²) < 4.78 is 2.00. The highest BCUT2D eigenvalue weighted by Crippen LogP contribution is 2.24. The fourth-order valence-corrected chi connectivity index (χ4v) is 3.75. The zero-order valence-corrected chi connectivity index (χ0v) is 15.2. The van der Waals surface area contributed by atoms with E-state index in [-0.39, 0.29) is 12.3 Å². The van der Waals surface area contributed by atoms with E-state index in [1.165, 1.54) is 0 Å². The van der Waals surface area contributed by atoms with Gasteiger partial charge in [0.05, 0.1) is 23.1 Å². The van der Waals surface area contributed by atoms with Crippen LogP contribution in [-0.2, 0) is 17.8 Å². The van der Waals surface area contributed by atoms with Crippen molar-refractivity contribution in [2.75, 3.05) is 5.32 Å². The zero-order valence-electron chi connectivity index (χ0n) is 14.3. The number of hydrogen-bond donors (Lipinski definition) is 1. The van der Waals surface area contributed by atoms with Crippen LogP contribution in [0.5, 0.6) is 0 Å². The van der Waals surface area contributed by atoms with Gasteiger partial charge in [-0.05, 0) is 19.1 Å². The fraction of sp³-hybridized carbons (Fsp3) is 0.150. The number of benzene rings is 2. The molecule has 0 fully saturated rings. The second kappa shape index (κ2) is 7.09. The van der Waals surface area contributed by atoms with Crippen LogP contribution in [0.3, 0.4) is 0 Å². The predicted molar refractivity (Wildman–Crippen MR) is 105 cm³/mol. The van der Waals surface area contributed by atoms with E-state index in [2.05, 4.69) is 15.3 Å². The molecule has 0 aliphatic carbocycles. The van der Waals surface area contributed by atoms with Gasteiger partial charge in [-0.25, -0.2) is 9.97 Å². The quantitative estimate of drug-likeness (QED) is 0.574. The lowest BCUT2D eigenvalue weighted by Crippen LogP contribution is -2.17. The molecule has 4 aromatic rings. The molecule has 5 nitrogen and oxygen atoms in total. The number of nitrogens with zero attached hydrogens (tertiary/aromatic N) is 3. The maximum Gasteiger partial charge on any atom is 0.232 e. The molecule has 2 heterocycles. The molecule has 6 heteroatoms. The Bertz CT molecular complexity index is 1050. The van der Waals surface area contributed by atoms with Crippen LogP contribution in [0.25, 0.3) is 21.6 Å². The highest BCUT2D eigenvalue weighted by molar-refractivity contribution is 7.13. The summed E-state index contributed by atoms with van der Waals surface area (Å²) in [6, 6.07) is 17.9. The van der Waals surface area contributed by atoms with Gasteiger partial charge in [-0.15, -0.1) is 11.3 Å². The summed E-state index contributed by atoms with van der Waals surface area (Å²) in [7, 11) is 0. The van der Waals surface area contributed by atoms with Crippen molar-refractivity contribution in [1.82, 2.24) is 14.5 Å². The Balaban J connectivity index is 1.50. The van der Waals surface area contributed by atoms with Crippen LogP contribution >= 0.6 is 11.3 Å². The van der Waals surface area contributed by atoms with Crippen molar-refractivity contribution >= 4 is 34.2 Å². The highest BCUT2D eigenvalue weighted by atomic mass is 32.1. The second-order valence-electron chi connectivity index (χ2n) is 5.90. The topological polar surface area (TPSA) is 59.8 Å². The molecule has 0 spiro atoms. The number of hydrogen-bond acceptors (Lipinski definition) is 4. The predicted octanol–water partition coefficient (Wildman–Crippen LogP) is 4.36. The molecule has 0 unspecified atom stereocenters. The van der Waals surface area contributed by atoms with Crippen LogP contribution in [0, 0.1) is 0 Å². The molecule has 26 heavy (non-hydrogen) atoms. The van der Waals surface area contributed by atoms with Crippen molar-refractivity contribution in [1.29, 1.82) is 0 Å². The number of para-hydroxylation sites is 2. The zero-order chi connectivity index (χ0) is 17.9. The van der Waals surface area contributed by atoms with Crippen LogP contribution in [0.15, 0.2) is 60.0 Å². The minimum Gasteiger partial charge on any atom is -0.310 e. The van der Waals surface area contributed by atoms with Gasteiger partial charge in [0.2, 0.25) is 11.9 Å². The molecule has 0 aliphatic rings. The van der Waals surface area contributed by atoms with Gasteiger partial charge in [0, 0.05) is 17.5 Å². The van der Waals surface area contributed by atoms with Crippen LogP contribution in [0.2, 0.25) is 0 Å². The standard InChI is InChI=1S/C20H18N4OS/c1-2-24-17-11-7-6-10-16(17)22-20(24)23-18(25)12-15-13-26-19(21-15)14-8-4-3-5-9-14/h3-11,13H,2,12H2,1H3,(H,22,23,25). The number of carbonyl (C=O) groups is 1. The normalized spacial score (nSPS) is 11.0. The third-order valence-electron chi connectivity index (χ3n) is 4.14. The Morgan fingerprint density at radius 3 is 2.65 bits per heavy atom. The minimum atomic E-state index is -0.111. The largest absolute Gasteiger partial charge is 0.310 e. The molecule has 1 amide bonds. The van der Waals surface area contributed by atoms with Gasteiger partial charge in [-0.2, -0.15) is 0 Å². The molecule has 4 rings (SSSR count). The lowest BCUT2D eigenvalue weighted by Gasteiger charge is -2.06. The monoisotopic (exact) mass is 362 g/mol. The summed E-state index contributed by atoms with van der Waals surface area (Å²) >= 11 is 1.55. The van der Waals surface area contributed by atoms with E-state index in [1.54, 1.807) is 11.3 Å². The molecule has 0 aliphatic heterocycles. The molecule has 0 saturated carbocycles. The van der Waals surface area contributed by atoms with Crippen molar-refractivity contribution in [3.8, 4) is 10.6 Å². The molecule has 0 radical (unpaired) electrons. The maximum absolute atomic E-state index is 12.5. The molecule has 130 valence electrons. The summed E-state index contributed by atoms with van der Waals surface area (Å²) in [4.78, 5) is 21.6. The Morgan fingerprint density at radius 1 is 1.08 bits per heavy atom. The summed E-state index contributed by atoms with van der Waals surface area (Å²) in [6.45, 7) is 2.78. The summed E-state index contributed by atoms with van der Waals surface area (Å²) in [5, 5.41) is 5.79. The summed E-state index contributed by atoms with van der Waals surface area (Å²) in [6.07, 6.45) is 0.232. The number of aromatic nitrogens is 3. The van der Waals surface area contributed by atoms with Crippen LogP contribution in [0.4, 0.5) is 5.95 Å². The number of carbonyl (C=O) groups excluding carboxylic acids is 1. The Hall–Kier alpha value is -2.99. The number of thiazole rings is 1. The van der Waals surface area contributed by atoms with Crippen LogP contribution in [0.1, 0.15) is 12.6 Å². The molecule has 2 aromatic carbocycles. The first-order chi connectivity index (χ1) is 12.7. The van der Waals surface area contributed by atoms with E-state index in [4.69, 9.17) is 0 Å². The Labute approximate surface area is 155 Å². The van der Waals surface area contributed by atoms with Gasteiger partial charge < -0.3 is 4.57 Å². The molecule has 0 bridgehead atoms. The van der Waals surface area contributed by atoms with E-state index in [9.17, 15) is 4.79 Å². The van der Waals surface area contributed by atoms with Gasteiger partial charge >= 0.3 is 0 Å². The third kappa shape index (κ3) is 3.23. The molecular weight excluding hydrogens is 344 g/mol. The highest BCUT2D eigenvalue weighted by Gasteiger charge is 2.14. The first-order valence-corrected chi connectivity index (χ1v) is 9.37. The lowest BCUT2D eigenvalue weighted by molar-refractivity contribution is -0.115. The van der Waals surface area contributed by atoms with Gasteiger partial charge in [-0.1, -0.05) is 42.5 Å². The Morgan fingerprint density at radius 2 is 1.85 bits per heavy atom. The molecule has 1 N–H and O–H groups in total. The Kier molecular flexibility index (Phi) is 4.50. The lowest BCUT2D eigenvalue weighted by atomic mass is 10.2.